The molecule has 0 N–H and O–H groups in total. The van der Waals surface area contributed by atoms with Crippen molar-refractivity contribution in [2.75, 3.05) is 25.3 Å². The van der Waals surface area contributed by atoms with Gasteiger partial charge in [-0.3, -0.25) is 13.9 Å². The Morgan fingerprint density at radius 1 is 0.846 bits per heavy atom. The van der Waals surface area contributed by atoms with Crippen LogP contribution in [0, 0.1) is 6.92 Å². The van der Waals surface area contributed by atoms with Crippen LogP contribution in [-0.2, 0) is 26.0 Å². The molecule has 9 nitrogen and oxygen atoms in total. The predicted molar refractivity (Wildman–Crippen MR) is 217 cm³/mol. The summed E-state index contributed by atoms with van der Waals surface area (Å²) in [5.41, 5.74) is 1.58. The molecule has 0 bridgehead atoms. The highest BCUT2D eigenvalue weighted by Crippen LogP contribution is 2.44. The van der Waals surface area contributed by atoms with Crippen LogP contribution in [0.2, 0.25) is 18.1 Å². The average molecular weight is 841 g/mol. The minimum atomic E-state index is -2.30. The van der Waals surface area contributed by atoms with Crippen LogP contribution in [0.3, 0.4) is 0 Å². The first-order valence-electron chi connectivity index (χ1n) is 18.0. The van der Waals surface area contributed by atoms with E-state index in [2.05, 4.69) is 68.6 Å². The van der Waals surface area contributed by atoms with Gasteiger partial charge in [-0.05, 0) is 83.3 Å². The van der Waals surface area contributed by atoms with Crippen LogP contribution >= 0.6 is 22.6 Å². The Hall–Kier alpha value is -3.23. The second-order valence-electron chi connectivity index (χ2n) is 15.0. The van der Waals surface area contributed by atoms with E-state index in [-0.39, 0.29) is 29.0 Å². The van der Waals surface area contributed by atoms with Crippen molar-refractivity contribution in [1.29, 1.82) is 0 Å². The van der Waals surface area contributed by atoms with Crippen molar-refractivity contribution < 1.29 is 23.4 Å². The number of methoxy groups -OCH3 is 2. The first-order chi connectivity index (χ1) is 24.7. The number of aromatic nitrogens is 2. The number of unbranched alkanes of at least 4 members (excludes halogenated alkanes) is 1. The van der Waals surface area contributed by atoms with E-state index in [1.807, 2.05) is 66.7 Å². The number of nitrogens with zero attached hydrogens (tertiary/aromatic N) is 2. The molecule has 0 aliphatic carbocycles. The molecule has 1 saturated heterocycles. The highest BCUT2D eigenvalue weighted by atomic mass is 127. The van der Waals surface area contributed by atoms with Gasteiger partial charge in [-0.1, -0.05) is 98.0 Å². The summed E-state index contributed by atoms with van der Waals surface area (Å²) in [4.78, 5) is 27.0. The number of ether oxygens (including phenoxy) is 4. The van der Waals surface area contributed by atoms with Crippen molar-refractivity contribution >= 4 is 30.9 Å². The van der Waals surface area contributed by atoms with E-state index in [4.69, 9.17) is 23.4 Å². The second-order valence-corrected chi connectivity index (χ2v) is 20.8. The molecule has 11 heteroatoms. The van der Waals surface area contributed by atoms with E-state index < -0.39 is 26.3 Å². The van der Waals surface area contributed by atoms with E-state index in [1.54, 1.807) is 31.9 Å². The molecule has 1 aliphatic heterocycles. The first kappa shape index (κ1) is 40.0. The van der Waals surface area contributed by atoms with Gasteiger partial charge in [-0.2, -0.15) is 0 Å². The number of hydrogen-bond acceptors (Lipinski definition) is 7. The molecule has 0 amide bonds. The zero-order chi connectivity index (χ0) is 37.7. The number of hydrogen-bond donors (Lipinski definition) is 0. The first-order valence-corrected chi connectivity index (χ1v) is 22.4. The van der Waals surface area contributed by atoms with Gasteiger partial charge >= 0.3 is 5.69 Å². The van der Waals surface area contributed by atoms with Crippen LogP contribution in [0.25, 0.3) is 0 Å². The van der Waals surface area contributed by atoms with Crippen molar-refractivity contribution in [2.45, 2.75) is 95.7 Å². The van der Waals surface area contributed by atoms with Gasteiger partial charge < -0.3 is 23.4 Å². The lowest BCUT2D eigenvalue weighted by Gasteiger charge is -2.40. The summed E-state index contributed by atoms with van der Waals surface area (Å²) < 4.78 is 36.2. The summed E-state index contributed by atoms with van der Waals surface area (Å²) in [5, 5.41) is -0.0597. The highest BCUT2D eigenvalue weighted by molar-refractivity contribution is 14.1. The van der Waals surface area contributed by atoms with Gasteiger partial charge in [0, 0.05) is 24.7 Å². The van der Waals surface area contributed by atoms with Gasteiger partial charge in [0.2, 0.25) is 0 Å². The number of benzene rings is 3. The fraction of sp³-hybridized carbons (Fsp3) is 0.463. The molecule has 4 aromatic rings. The Morgan fingerprint density at radius 2 is 1.40 bits per heavy atom. The van der Waals surface area contributed by atoms with E-state index in [0.29, 0.717) is 18.5 Å². The quantitative estimate of drug-likeness (QED) is 0.0392. The van der Waals surface area contributed by atoms with E-state index in [0.717, 1.165) is 45.5 Å². The largest absolute Gasteiger partial charge is 0.497 e. The van der Waals surface area contributed by atoms with Crippen molar-refractivity contribution in [3.63, 3.8) is 0 Å². The summed E-state index contributed by atoms with van der Waals surface area (Å²) in [6.07, 6.45) is 2.23. The molecule has 0 spiro atoms. The fourth-order valence-corrected chi connectivity index (χ4v) is 8.41. The third-order valence-corrected chi connectivity index (χ3v) is 15.8. The van der Waals surface area contributed by atoms with Gasteiger partial charge in [0.15, 0.2) is 8.32 Å². The number of alkyl halides is 1. The summed E-state index contributed by atoms with van der Waals surface area (Å²) in [5.74, 6) is 1.48. The molecule has 280 valence electrons. The predicted octanol–water partition coefficient (Wildman–Crippen LogP) is 8.24. The third-order valence-electron chi connectivity index (χ3n) is 10.5. The minimum Gasteiger partial charge on any atom is -0.497 e. The fourth-order valence-electron chi connectivity index (χ4n) is 6.51. The lowest BCUT2D eigenvalue weighted by atomic mass is 9.80. The van der Waals surface area contributed by atoms with Gasteiger partial charge in [-0.15, -0.1) is 0 Å². The maximum Gasteiger partial charge on any atom is 0.333 e. The van der Waals surface area contributed by atoms with Crippen LogP contribution in [0.1, 0.15) is 68.5 Å². The molecule has 1 aliphatic rings. The monoisotopic (exact) mass is 840 g/mol. The Labute approximate surface area is 322 Å². The molecule has 3 aromatic carbocycles. The van der Waals surface area contributed by atoms with Crippen LogP contribution in [-0.4, -0.2) is 54.9 Å². The highest BCUT2D eigenvalue weighted by Gasteiger charge is 2.47. The molecule has 5 rings (SSSR count). The maximum atomic E-state index is 13.9. The van der Waals surface area contributed by atoms with E-state index >= 15 is 0 Å². The average Bonchev–Trinajstić information content (AvgIpc) is 3.53. The molecule has 3 atom stereocenters. The van der Waals surface area contributed by atoms with Crippen LogP contribution in [0.5, 0.6) is 11.5 Å². The van der Waals surface area contributed by atoms with Gasteiger partial charge in [0.1, 0.15) is 29.4 Å². The molecule has 2 heterocycles. The Morgan fingerprint density at radius 3 is 1.92 bits per heavy atom. The number of rotatable bonds is 15. The molecule has 0 unspecified atom stereocenters. The smallest absolute Gasteiger partial charge is 0.333 e. The molecule has 0 saturated carbocycles. The summed E-state index contributed by atoms with van der Waals surface area (Å²) in [7, 11) is 1.00. The van der Waals surface area contributed by atoms with Gasteiger partial charge in [0.05, 0.1) is 26.9 Å². The Bertz CT molecular complexity index is 1840. The van der Waals surface area contributed by atoms with Crippen molar-refractivity contribution in [2.24, 2.45) is 0 Å². The topological polar surface area (TPSA) is 90.2 Å². The lowest BCUT2D eigenvalue weighted by molar-refractivity contribution is -0.0930. The lowest BCUT2D eigenvalue weighted by Crippen LogP contribution is -2.47. The van der Waals surface area contributed by atoms with E-state index in [1.165, 1.54) is 4.57 Å². The summed E-state index contributed by atoms with van der Waals surface area (Å²) >= 11 is 2.32. The number of aryl methyl sites for hydroxylation is 1. The molecule has 0 radical (unpaired) electrons. The maximum absolute atomic E-state index is 13.9. The van der Waals surface area contributed by atoms with Crippen LogP contribution in [0.4, 0.5) is 0 Å². The summed E-state index contributed by atoms with van der Waals surface area (Å²) in [6.45, 7) is 13.4. The molecular formula is C41H53IN2O7Si. The minimum absolute atomic E-state index is 0.0597. The van der Waals surface area contributed by atoms with E-state index in [9.17, 15) is 9.59 Å². The summed E-state index contributed by atoms with van der Waals surface area (Å²) in [6, 6.07) is 26.0. The molecule has 1 fully saturated rings. The second kappa shape index (κ2) is 16.8. The normalized spacial score (nSPS) is 18.1. The Kier molecular flexibility index (Phi) is 12.9. The van der Waals surface area contributed by atoms with Crippen molar-refractivity contribution in [3.8, 4) is 11.5 Å². The molecule has 1 aromatic heterocycles. The number of halogens is 1. The van der Waals surface area contributed by atoms with Crippen molar-refractivity contribution in [3.05, 3.63) is 128 Å². The van der Waals surface area contributed by atoms with Crippen LogP contribution < -0.4 is 20.7 Å². The van der Waals surface area contributed by atoms with Gasteiger partial charge in [-0.25, -0.2) is 4.79 Å². The zero-order valence-electron chi connectivity index (χ0n) is 31.7. The Balaban J connectivity index is 1.60. The standard InChI is InChI=1S/C41H53IN2O7Si/c1-29-27-44(39(46)43(38(29)45)25-13-12-24-42)37-26-35(51-52(7,8)40(2,3)4)36(50-37)28-49-41(30-14-10-9-11-15-30,31-16-20-33(47-5)21-17-31)32-18-22-34(48-6)23-19-32/h9-11,14-23,27,35-37H,12-13,24-26,28H2,1-8H3/t35-,36+,37+/m0/s1. The molecular weight excluding hydrogens is 787 g/mol. The van der Waals surface area contributed by atoms with Crippen molar-refractivity contribution in [1.82, 2.24) is 9.13 Å². The molecule has 52 heavy (non-hydrogen) atoms. The van der Waals surface area contributed by atoms with Gasteiger partial charge in [0.25, 0.3) is 5.56 Å². The zero-order valence-corrected chi connectivity index (χ0v) is 34.8. The third kappa shape index (κ3) is 8.43. The van der Waals surface area contributed by atoms with Crippen LogP contribution in [0.15, 0.2) is 94.6 Å². The SMILES string of the molecule is COc1ccc(C(OC[C@H]2O[C@@H](n3cc(C)c(=O)n(CCCCI)c3=O)C[C@@H]2O[Si](C)(C)C(C)(C)C)(c2ccccc2)c2ccc(OC)cc2)cc1.